The Bertz CT molecular complexity index is 1860. The molecule has 6 atom stereocenters. The van der Waals surface area contributed by atoms with Gasteiger partial charge in [-0.25, -0.2) is 0 Å². The molecule has 2 aromatic rings. The summed E-state index contributed by atoms with van der Waals surface area (Å²) in [6.07, 6.45) is -12.2. The molecule has 6 amide bonds. The van der Waals surface area contributed by atoms with Gasteiger partial charge < -0.3 is 88.1 Å². The van der Waals surface area contributed by atoms with Crippen molar-refractivity contribution in [2.75, 3.05) is 63.2 Å². The summed E-state index contributed by atoms with van der Waals surface area (Å²) >= 11 is 10.1. The molecule has 2 aromatic carbocycles. The fourth-order valence-electron chi connectivity index (χ4n) is 4.69. The van der Waals surface area contributed by atoms with Gasteiger partial charge in [0.25, 0.3) is 35.4 Å². The zero-order valence-electron chi connectivity index (χ0n) is 31.3. The van der Waals surface area contributed by atoms with Gasteiger partial charge in [-0.15, -0.1) is 0 Å². The molecule has 0 saturated carbocycles. The maximum atomic E-state index is 13.7. The summed E-state index contributed by atoms with van der Waals surface area (Å²) in [4.78, 5) is 79.8. The van der Waals surface area contributed by atoms with E-state index in [9.17, 15) is 84.9 Å². The summed E-state index contributed by atoms with van der Waals surface area (Å²) in [5, 5.41) is 122. The molecule has 0 heterocycles. The summed E-state index contributed by atoms with van der Waals surface area (Å²) in [6, 6.07) is 0. The van der Waals surface area contributed by atoms with Gasteiger partial charge in [-0.1, -0.05) is 0 Å². The van der Waals surface area contributed by atoms with Crippen LogP contribution in [-0.2, 0) is 9.59 Å². The third kappa shape index (κ3) is 15.1. The smallest absolute Gasteiger partial charge is 0.256 e. The first-order valence-electron chi connectivity index (χ1n) is 17.4. The molecule has 29 heteroatoms. The largest absolute Gasteiger partial charge is 0.394 e. The second kappa shape index (κ2) is 27.1. The first kappa shape index (κ1) is 57.3. The van der Waals surface area contributed by atoms with E-state index in [1.807, 2.05) is 0 Å². The van der Waals surface area contributed by atoms with Crippen LogP contribution in [0.25, 0.3) is 0 Å². The van der Waals surface area contributed by atoms with Crippen molar-refractivity contribution in [3.05, 3.63) is 43.7 Å². The van der Waals surface area contributed by atoms with Gasteiger partial charge in [0.1, 0.15) is 12.2 Å². The summed E-state index contributed by atoms with van der Waals surface area (Å²) < 4.78 is 0.203. The zero-order chi connectivity index (χ0) is 47.3. The monoisotopic (exact) mass is 1550 g/mol. The maximum Gasteiger partial charge on any atom is 0.256 e. The second-order valence-electron chi connectivity index (χ2n) is 12.7. The van der Waals surface area contributed by atoms with E-state index < -0.39 is 131 Å². The van der Waals surface area contributed by atoms with Gasteiger partial charge in [-0.05, 0) is 136 Å². The second-order valence-corrected chi connectivity index (χ2v) is 19.1. The maximum absolute atomic E-state index is 13.7. The number of amides is 6. The van der Waals surface area contributed by atoms with Crippen molar-refractivity contribution in [3.63, 3.8) is 0 Å². The van der Waals surface area contributed by atoms with Crippen molar-refractivity contribution < 1.29 is 84.9 Å². The first-order valence-corrected chi connectivity index (χ1v) is 23.8. The zero-order valence-corrected chi connectivity index (χ0v) is 44.3. The van der Waals surface area contributed by atoms with Crippen LogP contribution in [0.1, 0.15) is 41.4 Å². The summed E-state index contributed by atoms with van der Waals surface area (Å²) in [5.41, 5.74) is -1.13. The molecule has 62 heavy (non-hydrogen) atoms. The van der Waals surface area contributed by atoms with Crippen LogP contribution in [0.4, 0.5) is 11.4 Å². The highest BCUT2D eigenvalue weighted by atomic mass is 127. The molecule has 0 aliphatic rings. The topological polar surface area (TPSA) is 397 Å². The van der Waals surface area contributed by atoms with Gasteiger partial charge >= 0.3 is 0 Å². The lowest BCUT2D eigenvalue weighted by Gasteiger charge is -2.22. The van der Waals surface area contributed by atoms with Crippen molar-refractivity contribution in [2.24, 2.45) is 0 Å². The quantitative estimate of drug-likeness (QED) is 0.0505. The van der Waals surface area contributed by atoms with Crippen LogP contribution in [0.15, 0.2) is 0 Å². The highest BCUT2D eigenvalue weighted by molar-refractivity contribution is 14.1. The third-order valence-corrected chi connectivity index (χ3v) is 14.6. The minimum atomic E-state index is -2.13. The van der Waals surface area contributed by atoms with Crippen LogP contribution in [0.5, 0.6) is 0 Å². The number of aliphatic hydroxyl groups is 11. The lowest BCUT2D eigenvalue weighted by molar-refractivity contribution is -0.131. The predicted molar refractivity (Wildman–Crippen MR) is 266 cm³/mol. The van der Waals surface area contributed by atoms with Gasteiger partial charge in [0.15, 0.2) is 12.2 Å². The van der Waals surface area contributed by atoms with Gasteiger partial charge in [-0.2, -0.15) is 0 Å². The van der Waals surface area contributed by atoms with E-state index in [4.69, 9.17) is 0 Å². The summed E-state index contributed by atoms with van der Waals surface area (Å²) in [5.74, 6) is -5.93. The van der Waals surface area contributed by atoms with E-state index in [-0.39, 0.29) is 55.0 Å². The van der Waals surface area contributed by atoms with Crippen LogP contribution in [0.3, 0.4) is 0 Å². The molecule has 0 saturated heterocycles. The average Bonchev–Trinajstić information content (AvgIpc) is 3.24. The molecule has 346 valence electrons. The lowest BCUT2D eigenvalue weighted by atomic mass is 10.1. The van der Waals surface area contributed by atoms with Gasteiger partial charge in [0.2, 0.25) is 0 Å². The minimum Gasteiger partial charge on any atom is -0.394 e. The Morgan fingerprint density at radius 1 is 0.387 bits per heavy atom. The number of hydrogen-bond acceptors (Lipinski definition) is 17. The van der Waals surface area contributed by atoms with E-state index in [2.05, 4.69) is 31.9 Å². The van der Waals surface area contributed by atoms with Crippen molar-refractivity contribution in [1.29, 1.82) is 0 Å². The number of hydrogen-bond donors (Lipinski definition) is 17. The van der Waals surface area contributed by atoms with Crippen molar-refractivity contribution in [2.45, 2.75) is 42.7 Å². The Hall–Kier alpha value is -0.800. The lowest BCUT2D eigenvalue weighted by Crippen LogP contribution is -2.42. The number of nitrogens with one attached hydrogen (secondary N) is 6. The molecule has 23 nitrogen and oxygen atoms in total. The Kier molecular flexibility index (Phi) is 25.1. The highest BCUT2D eigenvalue weighted by Crippen LogP contribution is 2.37. The van der Waals surface area contributed by atoms with Crippen molar-refractivity contribution in [1.82, 2.24) is 21.3 Å². The molecular weight excluding hydrogens is 1510 g/mol. The van der Waals surface area contributed by atoms with E-state index in [1.54, 1.807) is 136 Å². The van der Waals surface area contributed by atoms with E-state index in [0.717, 1.165) is 0 Å². The molecule has 0 aliphatic heterocycles. The average molecular weight is 1550 g/mol. The normalized spacial score (nSPS) is 14.7. The van der Waals surface area contributed by atoms with Crippen LogP contribution in [0.2, 0.25) is 0 Å². The van der Waals surface area contributed by atoms with Crippen LogP contribution >= 0.6 is 136 Å². The number of halogens is 6. The Balaban J connectivity index is 2.48. The molecular formula is C33H40I6N6O17. The molecule has 0 bridgehead atoms. The Labute approximate surface area is 433 Å². The minimum absolute atomic E-state index is 0.0245. The standard InChI is InChI=1S/C33H40I6N6O17/c34-18-14(20(36)24(44-32(61)26(55)12(53)7-48)22(38)16(18)30(59)42-3-10(51)5-46)28(57)40-1-9(50)2-41-29(58)15-19(35)17(31(60)43-4-11(52)6-47)23(39)25(21(15)37)45-33(62)27(56)13(54)8-49/h9-13,26-27,46-56H,1-8H2,(H,40,57)(H,41,58)(H,42,59)(H,43,60)(H,44,61)(H,45,62). The number of aliphatic hydroxyl groups excluding tert-OH is 11. The third-order valence-electron chi connectivity index (χ3n) is 8.09. The number of benzene rings is 2. The van der Waals surface area contributed by atoms with E-state index in [1.165, 1.54) is 0 Å². The number of carbonyl (C=O) groups is 6. The highest BCUT2D eigenvalue weighted by Gasteiger charge is 2.33. The van der Waals surface area contributed by atoms with Crippen LogP contribution in [0, 0.1) is 21.4 Å². The van der Waals surface area contributed by atoms with E-state index in [0.29, 0.717) is 0 Å². The number of anilines is 2. The molecule has 2 rings (SSSR count). The number of carbonyl (C=O) groups excluding carboxylic acids is 6. The van der Waals surface area contributed by atoms with Gasteiger partial charge in [0.05, 0.1) is 92.6 Å². The number of rotatable bonds is 22. The fourth-order valence-corrected chi connectivity index (χ4v) is 13.5. The molecule has 6 unspecified atom stereocenters. The molecule has 0 spiro atoms. The van der Waals surface area contributed by atoms with Crippen molar-refractivity contribution in [3.8, 4) is 0 Å². The molecule has 17 N–H and O–H groups in total. The molecule has 0 fully saturated rings. The summed E-state index contributed by atoms with van der Waals surface area (Å²) in [7, 11) is 0. The predicted octanol–water partition coefficient (Wildman–Crippen LogP) is -3.69. The van der Waals surface area contributed by atoms with Crippen LogP contribution in [-0.4, -0.2) is 187 Å². The summed E-state index contributed by atoms with van der Waals surface area (Å²) in [6.45, 7) is -5.24. The van der Waals surface area contributed by atoms with Gasteiger partial charge in [0, 0.05) is 33.3 Å². The SMILES string of the molecule is O=C(NCC(O)CO)c1c(I)c(NC(=O)C(O)C(O)CO)c(I)c(C(=O)NCC(O)CNC(=O)c2c(I)c(NC(=O)C(O)C(O)CO)c(I)c(C(=O)NCC(O)CO)c2I)c1I. The van der Waals surface area contributed by atoms with E-state index >= 15 is 0 Å². The van der Waals surface area contributed by atoms with Crippen molar-refractivity contribution >= 4 is 182 Å². The Morgan fingerprint density at radius 2 is 0.629 bits per heavy atom. The van der Waals surface area contributed by atoms with Crippen LogP contribution < -0.4 is 31.9 Å². The van der Waals surface area contributed by atoms with Gasteiger partial charge in [-0.3, -0.25) is 28.8 Å². The molecule has 0 aliphatic carbocycles. The fraction of sp³-hybridized carbons (Fsp3) is 0.455. The molecule has 0 aromatic heterocycles. The first-order chi connectivity index (χ1) is 29.0. The molecule has 0 radical (unpaired) electrons. The Morgan fingerprint density at radius 3 is 0.855 bits per heavy atom.